The number of carbonyl (C=O) groups excluding carboxylic acids is 1. The Morgan fingerprint density at radius 1 is 1.65 bits per heavy atom. The van der Waals surface area contributed by atoms with Gasteiger partial charge in [-0.05, 0) is 15.9 Å². The molecule has 0 unspecified atom stereocenters. The van der Waals surface area contributed by atoms with E-state index in [1.165, 1.54) is 6.33 Å². The fourth-order valence-electron chi connectivity index (χ4n) is 1.23. The van der Waals surface area contributed by atoms with Gasteiger partial charge in [-0.3, -0.25) is 4.79 Å². The molecule has 1 aromatic heterocycles. The van der Waals surface area contributed by atoms with Gasteiger partial charge in [0, 0.05) is 26.9 Å². The maximum atomic E-state index is 11.5. The van der Waals surface area contributed by atoms with Gasteiger partial charge in [0.15, 0.2) is 0 Å². The topological polar surface area (TPSA) is 67.3 Å². The summed E-state index contributed by atoms with van der Waals surface area (Å²) in [6, 6.07) is 0. The van der Waals surface area contributed by atoms with E-state index in [0.29, 0.717) is 19.0 Å². The van der Waals surface area contributed by atoms with Crippen LogP contribution in [-0.4, -0.2) is 49.7 Å². The van der Waals surface area contributed by atoms with Gasteiger partial charge in [0.05, 0.1) is 17.6 Å². The third-order valence-electron chi connectivity index (χ3n) is 2.02. The van der Waals surface area contributed by atoms with E-state index < -0.39 is 0 Å². The van der Waals surface area contributed by atoms with Crippen LogP contribution in [-0.2, 0) is 9.53 Å². The predicted octanol–water partition coefficient (Wildman–Crippen LogP) is 0.438. The predicted molar refractivity (Wildman–Crippen MR) is 67.9 cm³/mol. The summed E-state index contributed by atoms with van der Waals surface area (Å²) in [6.07, 6.45) is 3.08. The highest BCUT2D eigenvalue weighted by Gasteiger charge is 2.10. The molecule has 1 amide bonds. The maximum absolute atomic E-state index is 11.5. The molecule has 6 nitrogen and oxygen atoms in total. The molecule has 0 atom stereocenters. The lowest BCUT2D eigenvalue weighted by Gasteiger charge is -2.18. The SMILES string of the molecule is COCCNC(=O)CN(C)c1ncncc1Br. The summed E-state index contributed by atoms with van der Waals surface area (Å²) in [5.41, 5.74) is 0. The molecule has 1 aromatic rings. The van der Waals surface area contributed by atoms with Gasteiger partial charge in [0.1, 0.15) is 12.1 Å². The Morgan fingerprint density at radius 3 is 3.06 bits per heavy atom. The van der Waals surface area contributed by atoms with E-state index in [9.17, 15) is 4.79 Å². The molecule has 1 heterocycles. The van der Waals surface area contributed by atoms with E-state index in [4.69, 9.17) is 4.74 Å². The highest BCUT2D eigenvalue weighted by Crippen LogP contribution is 2.20. The third kappa shape index (κ3) is 4.66. The Hall–Kier alpha value is -1.21. The van der Waals surface area contributed by atoms with Crippen LogP contribution >= 0.6 is 15.9 Å². The van der Waals surface area contributed by atoms with Gasteiger partial charge in [-0.2, -0.15) is 0 Å². The number of aromatic nitrogens is 2. The molecule has 17 heavy (non-hydrogen) atoms. The van der Waals surface area contributed by atoms with Gasteiger partial charge in [-0.15, -0.1) is 0 Å². The Kier molecular flexibility index (Phi) is 5.85. The molecule has 94 valence electrons. The van der Waals surface area contributed by atoms with Gasteiger partial charge in [0.25, 0.3) is 0 Å². The number of rotatable bonds is 6. The van der Waals surface area contributed by atoms with E-state index in [2.05, 4.69) is 31.2 Å². The minimum Gasteiger partial charge on any atom is -0.383 e. The van der Waals surface area contributed by atoms with E-state index in [1.807, 2.05) is 0 Å². The summed E-state index contributed by atoms with van der Waals surface area (Å²) >= 11 is 3.33. The van der Waals surface area contributed by atoms with Crippen molar-refractivity contribution in [2.45, 2.75) is 0 Å². The Bertz CT molecular complexity index is 375. The summed E-state index contributed by atoms with van der Waals surface area (Å²) in [6.45, 7) is 1.25. The highest BCUT2D eigenvalue weighted by atomic mass is 79.9. The summed E-state index contributed by atoms with van der Waals surface area (Å²) in [4.78, 5) is 21.2. The van der Waals surface area contributed by atoms with Gasteiger partial charge in [-0.25, -0.2) is 9.97 Å². The van der Waals surface area contributed by atoms with Crippen LogP contribution in [0, 0.1) is 0 Å². The maximum Gasteiger partial charge on any atom is 0.239 e. The van der Waals surface area contributed by atoms with E-state index in [-0.39, 0.29) is 12.5 Å². The first-order valence-corrected chi connectivity index (χ1v) is 5.86. The Labute approximate surface area is 109 Å². The molecule has 0 aliphatic carbocycles. The molecule has 7 heteroatoms. The lowest BCUT2D eigenvalue weighted by Crippen LogP contribution is -2.37. The molecule has 0 saturated carbocycles. The Balaban J connectivity index is 2.46. The van der Waals surface area contributed by atoms with Gasteiger partial charge >= 0.3 is 0 Å². The summed E-state index contributed by atoms with van der Waals surface area (Å²) < 4.78 is 5.60. The van der Waals surface area contributed by atoms with Crippen molar-refractivity contribution in [1.29, 1.82) is 0 Å². The van der Waals surface area contributed by atoms with Crippen molar-refractivity contribution in [1.82, 2.24) is 15.3 Å². The average Bonchev–Trinajstić information content (AvgIpc) is 2.29. The largest absolute Gasteiger partial charge is 0.383 e. The lowest BCUT2D eigenvalue weighted by molar-refractivity contribution is -0.119. The number of anilines is 1. The molecule has 0 aliphatic heterocycles. The quantitative estimate of drug-likeness (QED) is 0.772. The normalized spacial score (nSPS) is 10.1. The average molecular weight is 303 g/mol. The number of nitrogens with zero attached hydrogens (tertiary/aromatic N) is 3. The van der Waals surface area contributed by atoms with Crippen molar-refractivity contribution >= 4 is 27.7 Å². The van der Waals surface area contributed by atoms with Crippen molar-refractivity contribution in [3.8, 4) is 0 Å². The zero-order valence-electron chi connectivity index (χ0n) is 9.81. The molecule has 0 spiro atoms. The molecule has 0 aromatic carbocycles. The molecule has 1 rings (SSSR count). The van der Waals surface area contributed by atoms with Crippen LogP contribution in [0.4, 0.5) is 5.82 Å². The zero-order chi connectivity index (χ0) is 12.7. The first-order chi connectivity index (χ1) is 8.15. The van der Waals surface area contributed by atoms with Crippen LogP contribution in [0.25, 0.3) is 0 Å². The number of likely N-dealkylation sites (N-methyl/N-ethyl adjacent to an activating group) is 1. The molecule has 0 saturated heterocycles. The number of amides is 1. The minimum atomic E-state index is -0.0740. The van der Waals surface area contributed by atoms with Crippen LogP contribution in [0.15, 0.2) is 17.0 Å². The van der Waals surface area contributed by atoms with Crippen molar-refractivity contribution < 1.29 is 9.53 Å². The van der Waals surface area contributed by atoms with Crippen molar-refractivity contribution in [2.75, 3.05) is 38.8 Å². The van der Waals surface area contributed by atoms with E-state index in [1.54, 1.807) is 25.3 Å². The standard InChI is InChI=1S/C10H15BrN4O2/c1-15(6-9(16)13-3-4-17-2)10-8(11)5-12-7-14-10/h5,7H,3-4,6H2,1-2H3,(H,13,16). The monoisotopic (exact) mass is 302 g/mol. The zero-order valence-corrected chi connectivity index (χ0v) is 11.4. The van der Waals surface area contributed by atoms with Gasteiger partial charge in [0.2, 0.25) is 5.91 Å². The Morgan fingerprint density at radius 2 is 2.41 bits per heavy atom. The fourth-order valence-corrected chi connectivity index (χ4v) is 1.75. The number of carbonyl (C=O) groups is 1. The minimum absolute atomic E-state index is 0.0740. The molecular formula is C10H15BrN4O2. The van der Waals surface area contributed by atoms with Crippen molar-refractivity contribution in [3.05, 3.63) is 17.0 Å². The second-order valence-electron chi connectivity index (χ2n) is 3.39. The van der Waals surface area contributed by atoms with Gasteiger partial charge < -0.3 is 15.0 Å². The number of hydrogen-bond acceptors (Lipinski definition) is 5. The molecular weight excluding hydrogens is 288 g/mol. The number of halogens is 1. The molecule has 0 bridgehead atoms. The fraction of sp³-hybridized carbons (Fsp3) is 0.500. The summed E-state index contributed by atoms with van der Waals surface area (Å²) in [5.74, 6) is 0.608. The number of hydrogen-bond donors (Lipinski definition) is 1. The smallest absolute Gasteiger partial charge is 0.239 e. The summed E-state index contributed by atoms with van der Waals surface area (Å²) in [5, 5.41) is 2.74. The van der Waals surface area contributed by atoms with Crippen molar-refractivity contribution in [2.24, 2.45) is 0 Å². The first kappa shape index (κ1) is 13.9. The number of nitrogens with one attached hydrogen (secondary N) is 1. The molecule has 0 aliphatic rings. The molecule has 0 fully saturated rings. The molecule has 1 N–H and O–H groups in total. The van der Waals surface area contributed by atoms with Crippen LogP contribution in [0.3, 0.4) is 0 Å². The third-order valence-corrected chi connectivity index (χ3v) is 2.58. The van der Waals surface area contributed by atoms with Crippen LogP contribution in [0.2, 0.25) is 0 Å². The second kappa shape index (κ2) is 7.18. The second-order valence-corrected chi connectivity index (χ2v) is 4.25. The first-order valence-electron chi connectivity index (χ1n) is 5.07. The highest BCUT2D eigenvalue weighted by molar-refractivity contribution is 9.10. The molecule has 0 radical (unpaired) electrons. The van der Waals surface area contributed by atoms with E-state index >= 15 is 0 Å². The number of methoxy groups -OCH3 is 1. The van der Waals surface area contributed by atoms with Crippen LogP contribution < -0.4 is 10.2 Å². The summed E-state index contributed by atoms with van der Waals surface area (Å²) in [7, 11) is 3.39. The lowest BCUT2D eigenvalue weighted by atomic mass is 10.4. The van der Waals surface area contributed by atoms with E-state index in [0.717, 1.165) is 4.47 Å². The van der Waals surface area contributed by atoms with Gasteiger partial charge in [-0.1, -0.05) is 0 Å². The number of ether oxygens (including phenoxy) is 1. The van der Waals surface area contributed by atoms with Crippen molar-refractivity contribution in [3.63, 3.8) is 0 Å². The van der Waals surface area contributed by atoms with Crippen LogP contribution in [0.1, 0.15) is 0 Å². The van der Waals surface area contributed by atoms with Crippen LogP contribution in [0.5, 0.6) is 0 Å².